The Balaban J connectivity index is 1.81. The van der Waals surface area contributed by atoms with Crippen LogP contribution in [0.5, 0.6) is 0 Å². The van der Waals surface area contributed by atoms with Gasteiger partial charge >= 0.3 is 0 Å². The van der Waals surface area contributed by atoms with E-state index in [1.54, 1.807) is 24.0 Å². The van der Waals surface area contributed by atoms with E-state index in [9.17, 15) is 9.59 Å². The minimum atomic E-state index is -0.239. The monoisotopic (exact) mass is 348 g/mol. The van der Waals surface area contributed by atoms with Gasteiger partial charge in [0.1, 0.15) is 0 Å². The van der Waals surface area contributed by atoms with Crippen molar-refractivity contribution < 1.29 is 14.0 Å². The van der Waals surface area contributed by atoms with E-state index in [2.05, 4.69) is 21.2 Å². The van der Waals surface area contributed by atoms with Gasteiger partial charge in [-0.15, -0.1) is 0 Å². The summed E-state index contributed by atoms with van der Waals surface area (Å²) in [5.41, 5.74) is 3.14. The second-order valence-corrected chi connectivity index (χ2v) is 5.55. The Kier molecular flexibility index (Phi) is 3.55. The Morgan fingerprint density at radius 1 is 1.33 bits per heavy atom. The van der Waals surface area contributed by atoms with Gasteiger partial charge in [-0.3, -0.25) is 9.59 Å². The number of anilines is 2. The van der Waals surface area contributed by atoms with Crippen LogP contribution in [0.25, 0.3) is 0 Å². The van der Waals surface area contributed by atoms with E-state index in [1.165, 1.54) is 6.26 Å². The van der Waals surface area contributed by atoms with Crippen molar-refractivity contribution in [2.24, 2.45) is 0 Å². The number of amides is 2. The topological polar surface area (TPSA) is 62.6 Å². The Bertz CT molecular complexity index is 723. The van der Waals surface area contributed by atoms with Crippen LogP contribution in [0.4, 0.5) is 11.4 Å². The first-order chi connectivity index (χ1) is 10.1. The molecule has 108 valence electrons. The third-order valence-electron chi connectivity index (χ3n) is 3.48. The van der Waals surface area contributed by atoms with Crippen LogP contribution in [-0.4, -0.2) is 18.4 Å². The molecule has 1 aromatic carbocycles. The highest BCUT2D eigenvalue weighted by Crippen LogP contribution is 2.30. The van der Waals surface area contributed by atoms with Crippen molar-refractivity contribution in [1.29, 1.82) is 0 Å². The number of hydrogen-bond acceptors (Lipinski definition) is 3. The Labute approximate surface area is 130 Å². The van der Waals surface area contributed by atoms with Crippen molar-refractivity contribution in [1.82, 2.24) is 0 Å². The molecule has 0 atom stereocenters. The Morgan fingerprint density at radius 2 is 2.14 bits per heavy atom. The minimum absolute atomic E-state index is 0.0351. The van der Waals surface area contributed by atoms with Gasteiger partial charge in [0.25, 0.3) is 5.91 Å². The molecule has 0 aliphatic carbocycles. The smallest absolute Gasteiger partial charge is 0.260 e. The number of rotatable bonds is 2. The van der Waals surface area contributed by atoms with E-state index in [1.807, 2.05) is 12.1 Å². The highest BCUT2D eigenvalue weighted by Gasteiger charge is 2.22. The first-order valence-electron chi connectivity index (χ1n) is 6.51. The average Bonchev–Trinajstić information content (AvgIpc) is 3.04. The van der Waals surface area contributed by atoms with Crippen molar-refractivity contribution in [3.05, 3.63) is 46.3 Å². The van der Waals surface area contributed by atoms with E-state index in [4.69, 9.17) is 4.42 Å². The van der Waals surface area contributed by atoms with Crippen LogP contribution in [0.1, 0.15) is 22.8 Å². The van der Waals surface area contributed by atoms with Crippen molar-refractivity contribution >= 4 is 39.1 Å². The molecule has 0 saturated heterocycles. The van der Waals surface area contributed by atoms with Crippen LogP contribution in [-0.2, 0) is 11.2 Å². The predicted molar refractivity (Wildman–Crippen MR) is 82.5 cm³/mol. The SMILES string of the molecule is CC(=O)N1CCc2cc(NC(=O)c3ccoc3Br)ccc21. The molecule has 1 N–H and O–H groups in total. The van der Waals surface area contributed by atoms with E-state index in [0.717, 1.165) is 17.7 Å². The predicted octanol–water partition coefficient (Wildman–Crippen LogP) is 3.20. The summed E-state index contributed by atoms with van der Waals surface area (Å²) in [6.07, 6.45) is 2.25. The molecule has 0 fully saturated rings. The van der Waals surface area contributed by atoms with Gasteiger partial charge in [0.2, 0.25) is 5.91 Å². The molecular formula is C15H13BrN2O3. The largest absolute Gasteiger partial charge is 0.457 e. The lowest BCUT2D eigenvalue weighted by Gasteiger charge is -2.15. The lowest BCUT2D eigenvalue weighted by Crippen LogP contribution is -2.25. The van der Waals surface area contributed by atoms with Crippen molar-refractivity contribution in [3.8, 4) is 0 Å². The summed E-state index contributed by atoms with van der Waals surface area (Å²) in [5, 5.41) is 2.83. The summed E-state index contributed by atoms with van der Waals surface area (Å²) in [7, 11) is 0. The second-order valence-electron chi connectivity index (χ2n) is 4.83. The maximum Gasteiger partial charge on any atom is 0.260 e. The first-order valence-corrected chi connectivity index (χ1v) is 7.31. The summed E-state index contributed by atoms with van der Waals surface area (Å²) in [5.74, 6) is -0.204. The normalized spacial score (nSPS) is 13.1. The second kappa shape index (κ2) is 5.37. The number of carbonyl (C=O) groups is 2. The van der Waals surface area contributed by atoms with Crippen LogP contribution in [0.3, 0.4) is 0 Å². The highest BCUT2D eigenvalue weighted by atomic mass is 79.9. The summed E-state index contributed by atoms with van der Waals surface area (Å²) in [6, 6.07) is 7.17. The van der Waals surface area contributed by atoms with Gasteiger partial charge in [0.05, 0.1) is 11.8 Å². The minimum Gasteiger partial charge on any atom is -0.457 e. The van der Waals surface area contributed by atoms with Crippen LogP contribution < -0.4 is 10.2 Å². The molecule has 1 aliphatic heterocycles. The number of nitrogens with one attached hydrogen (secondary N) is 1. The number of carbonyl (C=O) groups excluding carboxylic acids is 2. The van der Waals surface area contributed by atoms with Crippen molar-refractivity contribution in [2.45, 2.75) is 13.3 Å². The zero-order valence-corrected chi connectivity index (χ0v) is 12.9. The number of halogens is 1. The fraction of sp³-hybridized carbons (Fsp3) is 0.200. The molecule has 0 bridgehead atoms. The van der Waals surface area contributed by atoms with Gasteiger partial charge in [-0.2, -0.15) is 0 Å². The van der Waals surface area contributed by atoms with E-state index in [-0.39, 0.29) is 11.8 Å². The molecule has 3 rings (SSSR count). The van der Waals surface area contributed by atoms with E-state index >= 15 is 0 Å². The summed E-state index contributed by atoms with van der Waals surface area (Å²) in [6.45, 7) is 2.25. The Morgan fingerprint density at radius 3 is 2.81 bits per heavy atom. The third kappa shape index (κ3) is 2.58. The number of hydrogen-bond donors (Lipinski definition) is 1. The van der Waals surface area contributed by atoms with Gasteiger partial charge < -0.3 is 14.6 Å². The van der Waals surface area contributed by atoms with Gasteiger partial charge in [0.15, 0.2) is 4.67 Å². The number of benzene rings is 1. The van der Waals surface area contributed by atoms with Crippen LogP contribution in [0, 0.1) is 0 Å². The Hall–Kier alpha value is -2.08. The molecule has 1 aliphatic rings. The fourth-order valence-corrected chi connectivity index (χ4v) is 2.88. The molecule has 0 spiro atoms. The maximum atomic E-state index is 12.1. The molecule has 2 heterocycles. The third-order valence-corrected chi connectivity index (χ3v) is 4.09. The lowest BCUT2D eigenvalue weighted by molar-refractivity contribution is -0.116. The fourth-order valence-electron chi connectivity index (χ4n) is 2.46. The molecule has 5 nitrogen and oxygen atoms in total. The molecule has 0 unspecified atom stereocenters. The molecule has 21 heavy (non-hydrogen) atoms. The van der Waals surface area contributed by atoms with Crippen LogP contribution >= 0.6 is 15.9 Å². The van der Waals surface area contributed by atoms with Crippen LogP contribution in [0.2, 0.25) is 0 Å². The summed E-state index contributed by atoms with van der Waals surface area (Å²) >= 11 is 3.18. The molecule has 2 aromatic rings. The summed E-state index contributed by atoms with van der Waals surface area (Å²) < 4.78 is 5.46. The number of furan rings is 1. The number of fused-ring (bicyclic) bond motifs is 1. The zero-order valence-electron chi connectivity index (χ0n) is 11.4. The molecular weight excluding hydrogens is 336 g/mol. The van der Waals surface area contributed by atoms with Crippen molar-refractivity contribution in [3.63, 3.8) is 0 Å². The summed E-state index contributed by atoms with van der Waals surface area (Å²) in [4.78, 5) is 25.4. The van der Waals surface area contributed by atoms with Crippen LogP contribution in [0.15, 0.2) is 39.6 Å². The quantitative estimate of drug-likeness (QED) is 0.906. The first kappa shape index (κ1) is 13.9. The molecule has 2 amide bonds. The molecule has 6 heteroatoms. The van der Waals surface area contributed by atoms with Gasteiger partial charge in [-0.25, -0.2) is 0 Å². The maximum absolute atomic E-state index is 12.1. The van der Waals surface area contributed by atoms with E-state index in [0.29, 0.717) is 22.5 Å². The highest BCUT2D eigenvalue weighted by molar-refractivity contribution is 9.10. The standard InChI is InChI=1S/C15H13BrN2O3/c1-9(19)18-6-4-10-8-11(2-3-13(10)18)17-15(20)12-5-7-21-14(12)16/h2-3,5,7-8H,4,6H2,1H3,(H,17,20). The van der Waals surface area contributed by atoms with Crippen molar-refractivity contribution in [2.75, 3.05) is 16.8 Å². The lowest BCUT2D eigenvalue weighted by atomic mass is 10.1. The van der Waals surface area contributed by atoms with E-state index < -0.39 is 0 Å². The van der Waals surface area contributed by atoms with Gasteiger partial charge in [0, 0.05) is 24.8 Å². The number of nitrogens with zero attached hydrogens (tertiary/aromatic N) is 1. The molecule has 1 aromatic heterocycles. The van der Waals surface area contributed by atoms with Gasteiger partial charge in [-0.1, -0.05) is 0 Å². The van der Waals surface area contributed by atoms with Gasteiger partial charge in [-0.05, 0) is 52.2 Å². The average molecular weight is 349 g/mol. The zero-order chi connectivity index (χ0) is 15.0. The molecule has 0 radical (unpaired) electrons. The molecule has 0 saturated carbocycles.